The second kappa shape index (κ2) is 8.33. The fourth-order valence-electron chi connectivity index (χ4n) is 3.57. The third-order valence-electron chi connectivity index (χ3n) is 5.74. The first-order chi connectivity index (χ1) is 14.9. The molecule has 3 aromatic rings. The molecule has 1 fully saturated rings. The molecule has 0 aliphatic carbocycles. The molecule has 31 heavy (non-hydrogen) atoms. The third-order valence-corrected chi connectivity index (χ3v) is 5.74. The topological polar surface area (TPSA) is 75.0 Å². The van der Waals surface area contributed by atoms with Crippen LogP contribution in [-0.4, -0.2) is 24.1 Å². The Kier molecular flexibility index (Phi) is 5.58. The van der Waals surface area contributed by atoms with Gasteiger partial charge in [-0.25, -0.2) is 0 Å². The number of aromatic nitrogens is 1. The van der Waals surface area contributed by atoms with E-state index < -0.39 is 5.41 Å². The van der Waals surface area contributed by atoms with Crippen LogP contribution >= 0.6 is 0 Å². The molecule has 1 aliphatic heterocycles. The van der Waals surface area contributed by atoms with Crippen LogP contribution in [0.3, 0.4) is 0 Å². The number of nitrogens with zero attached hydrogens (tertiary/aromatic N) is 2. The molecule has 1 aliphatic rings. The van der Waals surface area contributed by atoms with Crippen molar-refractivity contribution in [2.45, 2.75) is 32.1 Å². The number of hydrogen-bond donors (Lipinski definition) is 1. The summed E-state index contributed by atoms with van der Waals surface area (Å²) in [5.41, 5.74) is 5.64. The van der Waals surface area contributed by atoms with Crippen LogP contribution in [0.1, 0.15) is 46.9 Å². The molecule has 156 valence electrons. The standard InChI is InChI=1S/C26H25N3O2/c1-17-7-8-22(13-23(17)19-6-4-5-18(11-19)21-14-31-15-21)29-25(30)20-9-10-28-24(12-20)26(2,3)16-27/h4-13,21H,14-15H2,1-3H3,(H,29,30). The Labute approximate surface area is 182 Å². The van der Waals surface area contributed by atoms with Crippen LogP contribution in [0.2, 0.25) is 0 Å². The van der Waals surface area contributed by atoms with E-state index in [1.54, 1.807) is 32.2 Å². The predicted molar refractivity (Wildman–Crippen MR) is 121 cm³/mol. The average molecular weight is 412 g/mol. The lowest BCUT2D eigenvalue weighted by atomic mass is 9.90. The van der Waals surface area contributed by atoms with Crippen molar-refractivity contribution in [2.75, 3.05) is 18.5 Å². The van der Waals surface area contributed by atoms with E-state index in [2.05, 4.69) is 47.6 Å². The lowest BCUT2D eigenvalue weighted by molar-refractivity contribution is 0.00844. The molecule has 1 aromatic heterocycles. The zero-order valence-corrected chi connectivity index (χ0v) is 18.0. The van der Waals surface area contributed by atoms with Crippen LogP contribution in [0.25, 0.3) is 11.1 Å². The number of amides is 1. The highest BCUT2D eigenvalue weighted by Crippen LogP contribution is 2.31. The van der Waals surface area contributed by atoms with Gasteiger partial charge in [0.2, 0.25) is 0 Å². The van der Waals surface area contributed by atoms with E-state index in [9.17, 15) is 10.1 Å². The van der Waals surface area contributed by atoms with Crippen molar-refractivity contribution >= 4 is 11.6 Å². The zero-order valence-electron chi connectivity index (χ0n) is 18.0. The average Bonchev–Trinajstić information content (AvgIpc) is 2.74. The number of hydrogen-bond acceptors (Lipinski definition) is 4. The summed E-state index contributed by atoms with van der Waals surface area (Å²) < 4.78 is 5.33. The van der Waals surface area contributed by atoms with E-state index >= 15 is 0 Å². The molecule has 5 heteroatoms. The summed E-state index contributed by atoms with van der Waals surface area (Å²) in [4.78, 5) is 17.1. The SMILES string of the molecule is Cc1ccc(NC(=O)c2ccnc(C(C)(C)C#N)c2)cc1-c1cccc(C2COC2)c1. The Morgan fingerprint density at radius 1 is 1.16 bits per heavy atom. The van der Waals surface area contributed by atoms with Crippen molar-refractivity contribution in [1.82, 2.24) is 4.98 Å². The molecule has 5 nitrogen and oxygen atoms in total. The summed E-state index contributed by atoms with van der Waals surface area (Å²) in [5, 5.41) is 12.3. The molecule has 2 heterocycles. The van der Waals surface area contributed by atoms with Gasteiger partial charge >= 0.3 is 0 Å². The fourth-order valence-corrected chi connectivity index (χ4v) is 3.57. The normalized spacial score (nSPS) is 13.9. The Morgan fingerprint density at radius 3 is 2.68 bits per heavy atom. The molecule has 0 unspecified atom stereocenters. The number of rotatable bonds is 5. The molecule has 0 saturated carbocycles. The molecule has 0 atom stereocenters. The zero-order chi connectivity index (χ0) is 22.0. The molecular weight excluding hydrogens is 386 g/mol. The van der Waals surface area contributed by atoms with Gasteiger partial charge in [-0.15, -0.1) is 0 Å². The van der Waals surface area contributed by atoms with Crippen LogP contribution in [0.15, 0.2) is 60.8 Å². The van der Waals surface area contributed by atoms with Crippen LogP contribution in [0.5, 0.6) is 0 Å². The highest BCUT2D eigenvalue weighted by Gasteiger charge is 2.23. The Balaban J connectivity index is 1.59. The second-order valence-electron chi connectivity index (χ2n) is 8.51. The fraction of sp³-hybridized carbons (Fsp3) is 0.269. The summed E-state index contributed by atoms with van der Waals surface area (Å²) in [6.07, 6.45) is 1.57. The van der Waals surface area contributed by atoms with Gasteiger partial charge in [0.25, 0.3) is 5.91 Å². The summed E-state index contributed by atoms with van der Waals surface area (Å²) in [7, 11) is 0. The lowest BCUT2D eigenvalue weighted by Gasteiger charge is -2.26. The third kappa shape index (κ3) is 4.35. The summed E-state index contributed by atoms with van der Waals surface area (Å²) in [6.45, 7) is 7.18. The minimum atomic E-state index is -0.760. The van der Waals surface area contributed by atoms with Crippen LogP contribution in [0.4, 0.5) is 5.69 Å². The van der Waals surface area contributed by atoms with Crippen molar-refractivity contribution in [3.8, 4) is 17.2 Å². The molecule has 1 amide bonds. The van der Waals surface area contributed by atoms with Gasteiger partial charge in [0.15, 0.2) is 0 Å². The number of nitriles is 1. The van der Waals surface area contributed by atoms with E-state index in [4.69, 9.17) is 4.74 Å². The minimum absolute atomic E-state index is 0.229. The van der Waals surface area contributed by atoms with Gasteiger partial charge in [-0.2, -0.15) is 5.26 Å². The van der Waals surface area contributed by atoms with Gasteiger partial charge in [-0.1, -0.05) is 30.3 Å². The van der Waals surface area contributed by atoms with Crippen LogP contribution in [0, 0.1) is 18.3 Å². The summed E-state index contributed by atoms with van der Waals surface area (Å²) in [5.74, 6) is 0.231. The van der Waals surface area contributed by atoms with Crippen molar-refractivity contribution in [3.05, 3.63) is 83.2 Å². The van der Waals surface area contributed by atoms with Gasteiger partial charge in [0.1, 0.15) is 0 Å². The van der Waals surface area contributed by atoms with Gasteiger partial charge in [-0.05, 0) is 67.3 Å². The van der Waals surface area contributed by atoms with Crippen LogP contribution < -0.4 is 5.32 Å². The molecule has 0 bridgehead atoms. The van der Waals surface area contributed by atoms with Crippen molar-refractivity contribution in [1.29, 1.82) is 5.26 Å². The monoisotopic (exact) mass is 411 g/mol. The van der Waals surface area contributed by atoms with Gasteiger partial charge in [0, 0.05) is 23.4 Å². The van der Waals surface area contributed by atoms with Gasteiger partial charge in [0.05, 0.1) is 30.4 Å². The highest BCUT2D eigenvalue weighted by atomic mass is 16.5. The molecule has 1 saturated heterocycles. The quantitative estimate of drug-likeness (QED) is 0.624. The van der Waals surface area contributed by atoms with Crippen LogP contribution in [-0.2, 0) is 10.2 Å². The number of anilines is 1. The molecular formula is C26H25N3O2. The summed E-state index contributed by atoms with van der Waals surface area (Å²) in [6, 6.07) is 20.0. The largest absolute Gasteiger partial charge is 0.380 e. The maximum Gasteiger partial charge on any atom is 0.255 e. The van der Waals surface area contributed by atoms with Crippen molar-refractivity contribution < 1.29 is 9.53 Å². The first-order valence-electron chi connectivity index (χ1n) is 10.4. The molecule has 0 spiro atoms. The van der Waals surface area contributed by atoms with E-state index in [1.807, 2.05) is 18.2 Å². The molecule has 0 radical (unpaired) electrons. The second-order valence-corrected chi connectivity index (χ2v) is 8.51. The van der Waals surface area contributed by atoms with Gasteiger partial charge in [-0.3, -0.25) is 9.78 Å². The number of carbonyl (C=O) groups is 1. The van der Waals surface area contributed by atoms with E-state index in [-0.39, 0.29) is 5.91 Å². The number of aryl methyl sites for hydroxylation is 1. The van der Waals surface area contributed by atoms with Crippen molar-refractivity contribution in [2.24, 2.45) is 0 Å². The maximum absolute atomic E-state index is 12.9. The maximum atomic E-state index is 12.9. The lowest BCUT2D eigenvalue weighted by Crippen LogP contribution is -2.24. The van der Waals surface area contributed by atoms with Gasteiger partial charge < -0.3 is 10.1 Å². The van der Waals surface area contributed by atoms with Crippen molar-refractivity contribution in [3.63, 3.8) is 0 Å². The molecule has 2 aromatic carbocycles. The summed E-state index contributed by atoms with van der Waals surface area (Å²) >= 11 is 0. The van der Waals surface area contributed by atoms with E-state index in [0.29, 0.717) is 17.2 Å². The Bertz CT molecular complexity index is 1170. The molecule has 4 rings (SSSR count). The number of pyridine rings is 1. The number of benzene rings is 2. The number of ether oxygens (including phenoxy) is 1. The Hall–Kier alpha value is -3.49. The highest BCUT2D eigenvalue weighted by molar-refractivity contribution is 6.04. The number of nitrogens with one attached hydrogen (secondary N) is 1. The first kappa shape index (κ1) is 20.8. The molecule has 1 N–H and O–H groups in total. The van der Waals surface area contributed by atoms with E-state index in [1.165, 1.54) is 5.56 Å². The minimum Gasteiger partial charge on any atom is -0.380 e. The van der Waals surface area contributed by atoms with E-state index in [0.717, 1.165) is 35.6 Å². The predicted octanol–water partition coefficient (Wildman–Crippen LogP) is 5.22. The first-order valence-corrected chi connectivity index (χ1v) is 10.4. The Morgan fingerprint density at radius 2 is 1.97 bits per heavy atom. The smallest absolute Gasteiger partial charge is 0.255 e. The number of carbonyl (C=O) groups excluding carboxylic acids is 1.